The van der Waals surface area contributed by atoms with Crippen molar-refractivity contribution in [1.82, 2.24) is 20.4 Å². The number of para-hydroxylation sites is 1. The lowest BCUT2D eigenvalue weighted by Gasteiger charge is -2.26. The van der Waals surface area contributed by atoms with Crippen molar-refractivity contribution in [3.63, 3.8) is 0 Å². The Kier molecular flexibility index (Phi) is 7.42. The minimum atomic E-state index is -0.679. The van der Waals surface area contributed by atoms with Gasteiger partial charge in [0.25, 0.3) is 5.91 Å². The van der Waals surface area contributed by atoms with Crippen molar-refractivity contribution in [2.45, 2.75) is 25.4 Å². The minimum Gasteiger partial charge on any atom is -0.496 e. The van der Waals surface area contributed by atoms with Crippen LogP contribution in [0.5, 0.6) is 5.75 Å². The molecule has 29 heavy (non-hydrogen) atoms. The van der Waals surface area contributed by atoms with Gasteiger partial charge in [-0.25, -0.2) is 4.79 Å². The van der Waals surface area contributed by atoms with Crippen molar-refractivity contribution in [1.29, 1.82) is 0 Å². The largest absolute Gasteiger partial charge is 0.496 e. The number of methoxy groups -OCH3 is 1. The van der Waals surface area contributed by atoms with E-state index in [2.05, 4.69) is 15.5 Å². The predicted molar refractivity (Wildman–Crippen MR) is 105 cm³/mol. The Morgan fingerprint density at radius 2 is 2.03 bits per heavy atom. The van der Waals surface area contributed by atoms with E-state index < -0.39 is 12.1 Å². The fourth-order valence-electron chi connectivity index (χ4n) is 3.47. The van der Waals surface area contributed by atoms with Crippen LogP contribution < -0.4 is 15.4 Å². The first-order valence-electron chi connectivity index (χ1n) is 9.89. The Balaban J connectivity index is 1.42. The van der Waals surface area contributed by atoms with Crippen LogP contribution in [-0.4, -0.2) is 80.2 Å². The fourth-order valence-corrected chi connectivity index (χ4v) is 3.47. The molecule has 2 heterocycles. The van der Waals surface area contributed by atoms with Crippen LogP contribution in [0, 0.1) is 0 Å². The molecule has 1 aromatic carbocycles. The highest BCUT2D eigenvalue weighted by molar-refractivity contribution is 6.04. The van der Waals surface area contributed by atoms with Crippen molar-refractivity contribution in [3.05, 3.63) is 29.8 Å². The van der Waals surface area contributed by atoms with Gasteiger partial charge >= 0.3 is 6.03 Å². The molecule has 0 saturated carbocycles. The number of nitrogens with one attached hydrogen (secondary N) is 2. The van der Waals surface area contributed by atoms with Crippen LogP contribution in [0.15, 0.2) is 24.3 Å². The molecule has 0 radical (unpaired) electrons. The summed E-state index contributed by atoms with van der Waals surface area (Å²) < 4.78 is 10.6. The van der Waals surface area contributed by atoms with Crippen LogP contribution >= 0.6 is 0 Å². The lowest BCUT2D eigenvalue weighted by molar-refractivity contribution is -0.128. The summed E-state index contributed by atoms with van der Waals surface area (Å²) >= 11 is 0. The quantitative estimate of drug-likeness (QED) is 0.576. The Bertz CT molecular complexity index is 735. The summed E-state index contributed by atoms with van der Waals surface area (Å²) in [4.78, 5) is 40.3. The molecule has 0 bridgehead atoms. The number of amides is 4. The molecule has 158 valence electrons. The number of benzene rings is 1. The molecule has 2 aliphatic heterocycles. The van der Waals surface area contributed by atoms with Gasteiger partial charge in [0.2, 0.25) is 5.91 Å². The van der Waals surface area contributed by atoms with Gasteiger partial charge in [0, 0.05) is 38.2 Å². The van der Waals surface area contributed by atoms with E-state index in [9.17, 15) is 14.4 Å². The van der Waals surface area contributed by atoms with Crippen molar-refractivity contribution in [2.24, 2.45) is 0 Å². The van der Waals surface area contributed by atoms with Crippen LogP contribution in [-0.2, 0) is 20.9 Å². The smallest absolute Gasteiger partial charge is 0.325 e. The van der Waals surface area contributed by atoms with E-state index in [1.165, 1.54) is 4.90 Å². The topological polar surface area (TPSA) is 100 Å². The third kappa shape index (κ3) is 5.68. The maximum Gasteiger partial charge on any atom is 0.325 e. The Hall–Kier alpha value is -2.65. The zero-order chi connectivity index (χ0) is 20.6. The monoisotopic (exact) mass is 404 g/mol. The molecule has 0 spiro atoms. The van der Waals surface area contributed by atoms with E-state index in [-0.39, 0.29) is 31.2 Å². The zero-order valence-electron chi connectivity index (χ0n) is 16.7. The Morgan fingerprint density at radius 3 is 2.79 bits per heavy atom. The van der Waals surface area contributed by atoms with Gasteiger partial charge in [0.05, 0.1) is 26.9 Å². The second-order valence-corrected chi connectivity index (χ2v) is 7.08. The van der Waals surface area contributed by atoms with Crippen LogP contribution in [0.2, 0.25) is 0 Å². The molecule has 1 unspecified atom stereocenters. The van der Waals surface area contributed by atoms with Crippen LogP contribution in [0.25, 0.3) is 0 Å². The van der Waals surface area contributed by atoms with Crippen LogP contribution in [0.1, 0.15) is 18.4 Å². The van der Waals surface area contributed by atoms with Gasteiger partial charge in [-0.3, -0.25) is 19.4 Å². The number of carbonyl (C=O) groups is 3. The summed E-state index contributed by atoms with van der Waals surface area (Å²) in [5.74, 6) is 0.182. The van der Waals surface area contributed by atoms with Gasteiger partial charge < -0.3 is 20.1 Å². The van der Waals surface area contributed by atoms with E-state index in [0.29, 0.717) is 12.3 Å². The van der Waals surface area contributed by atoms with Gasteiger partial charge in [-0.2, -0.15) is 0 Å². The zero-order valence-corrected chi connectivity index (χ0v) is 16.7. The molecule has 3 rings (SSSR count). The summed E-state index contributed by atoms with van der Waals surface area (Å²) in [6, 6.07) is 6.13. The van der Waals surface area contributed by atoms with E-state index in [0.717, 1.165) is 38.4 Å². The first-order valence-corrected chi connectivity index (χ1v) is 9.89. The molecule has 2 aliphatic rings. The normalized spacial score (nSPS) is 19.9. The maximum absolute atomic E-state index is 12.6. The third-order valence-electron chi connectivity index (χ3n) is 5.14. The molecule has 9 heteroatoms. The van der Waals surface area contributed by atoms with E-state index in [4.69, 9.17) is 9.47 Å². The summed E-state index contributed by atoms with van der Waals surface area (Å²) in [7, 11) is 1.55. The predicted octanol–water partition coefficient (Wildman–Crippen LogP) is 0.344. The van der Waals surface area contributed by atoms with Crippen molar-refractivity contribution < 1.29 is 23.9 Å². The van der Waals surface area contributed by atoms with Gasteiger partial charge in [0.15, 0.2) is 0 Å². The summed E-state index contributed by atoms with van der Waals surface area (Å²) in [5, 5.41) is 5.54. The number of hydrogen-bond donors (Lipinski definition) is 2. The van der Waals surface area contributed by atoms with Gasteiger partial charge in [0.1, 0.15) is 11.8 Å². The molecular formula is C20H28N4O5. The molecule has 2 fully saturated rings. The molecule has 1 atom stereocenters. The molecular weight excluding hydrogens is 376 g/mol. The number of carbonyl (C=O) groups excluding carboxylic acids is 3. The van der Waals surface area contributed by atoms with Crippen LogP contribution in [0.3, 0.4) is 0 Å². The summed E-state index contributed by atoms with van der Waals surface area (Å²) in [5.41, 5.74) is 0.750. The van der Waals surface area contributed by atoms with Crippen molar-refractivity contribution in [2.75, 3.05) is 46.5 Å². The maximum atomic E-state index is 12.6. The number of imide groups is 1. The van der Waals surface area contributed by atoms with E-state index in [1.807, 2.05) is 18.2 Å². The number of hydrogen-bond acceptors (Lipinski definition) is 6. The molecule has 1 aromatic rings. The highest BCUT2D eigenvalue weighted by Crippen LogP contribution is 2.22. The van der Waals surface area contributed by atoms with Gasteiger partial charge in [-0.1, -0.05) is 18.2 Å². The summed E-state index contributed by atoms with van der Waals surface area (Å²) in [6.07, 6.45) is 0.457. The summed E-state index contributed by atoms with van der Waals surface area (Å²) in [6.45, 7) is 4.67. The SMILES string of the molecule is COc1ccccc1CN1C(=O)NC(CCC(=O)NCCN2CCOCC2)C1=O. The molecule has 2 N–H and O–H groups in total. The fraction of sp³-hybridized carbons (Fsp3) is 0.550. The first kappa shape index (κ1) is 21.1. The Morgan fingerprint density at radius 1 is 1.28 bits per heavy atom. The molecule has 2 saturated heterocycles. The number of ether oxygens (including phenoxy) is 2. The van der Waals surface area contributed by atoms with Crippen molar-refractivity contribution in [3.8, 4) is 5.75 Å². The van der Waals surface area contributed by atoms with Crippen LogP contribution in [0.4, 0.5) is 4.79 Å². The highest BCUT2D eigenvalue weighted by Gasteiger charge is 2.38. The standard InChI is InChI=1S/C20H28N4O5/c1-28-17-5-3-2-4-15(17)14-24-19(26)16(22-20(24)27)6-7-18(25)21-8-9-23-10-12-29-13-11-23/h2-5,16H,6-14H2,1H3,(H,21,25)(H,22,27). The average molecular weight is 404 g/mol. The van der Waals surface area contributed by atoms with Gasteiger partial charge in [-0.05, 0) is 12.5 Å². The number of urea groups is 1. The second kappa shape index (κ2) is 10.2. The second-order valence-electron chi connectivity index (χ2n) is 7.08. The van der Waals surface area contributed by atoms with Gasteiger partial charge in [-0.15, -0.1) is 0 Å². The minimum absolute atomic E-state index is 0.122. The van der Waals surface area contributed by atoms with E-state index >= 15 is 0 Å². The molecule has 9 nitrogen and oxygen atoms in total. The highest BCUT2D eigenvalue weighted by atomic mass is 16.5. The molecule has 4 amide bonds. The number of morpholine rings is 1. The molecule has 0 aliphatic carbocycles. The average Bonchev–Trinajstić information content (AvgIpc) is 3.01. The Labute approximate surface area is 170 Å². The van der Waals surface area contributed by atoms with Crippen molar-refractivity contribution >= 4 is 17.8 Å². The first-order chi connectivity index (χ1) is 14.1. The number of nitrogens with zero attached hydrogens (tertiary/aromatic N) is 2. The van der Waals surface area contributed by atoms with E-state index in [1.54, 1.807) is 13.2 Å². The molecule has 0 aromatic heterocycles. The number of rotatable bonds is 9. The lowest BCUT2D eigenvalue weighted by atomic mass is 10.1. The lowest BCUT2D eigenvalue weighted by Crippen LogP contribution is -2.41. The third-order valence-corrected chi connectivity index (χ3v) is 5.14.